The zero-order valence-corrected chi connectivity index (χ0v) is 17.0. The van der Waals surface area contributed by atoms with Gasteiger partial charge in [0.15, 0.2) is 4.80 Å². The third-order valence-electron chi connectivity index (χ3n) is 5.24. The predicted molar refractivity (Wildman–Crippen MR) is 120 cm³/mol. The summed E-state index contributed by atoms with van der Waals surface area (Å²) in [7, 11) is 0. The van der Waals surface area contributed by atoms with Crippen molar-refractivity contribution in [3.8, 4) is 22.4 Å². The van der Waals surface area contributed by atoms with Crippen molar-refractivity contribution >= 4 is 22.7 Å². The van der Waals surface area contributed by atoms with E-state index >= 15 is 0 Å². The lowest BCUT2D eigenvalue weighted by atomic mass is 10.0. The van der Waals surface area contributed by atoms with Gasteiger partial charge in [0, 0.05) is 17.5 Å². The van der Waals surface area contributed by atoms with Gasteiger partial charge in [-0.2, -0.15) is 0 Å². The fourth-order valence-corrected chi connectivity index (χ4v) is 4.56. The van der Waals surface area contributed by atoms with E-state index in [1.165, 1.54) is 28.5 Å². The zero-order valence-electron chi connectivity index (χ0n) is 16.1. The van der Waals surface area contributed by atoms with E-state index in [9.17, 15) is 10.1 Å². The first kappa shape index (κ1) is 18.5. The second kappa shape index (κ2) is 7.72. The maximum Gasteiger partial charge on any atom is 0.294 e. The molecule has 4 aromatic rings. The summed E-state index contributed by atoms with van der Waals surface area (Å²) in [6, 6.07) is 25.9. The van der Waals surface area contributed by atoms with Crippen LogP contribution in [0.15, 0.2) is 89.2 Å². The lowest BCUT2D eigenvalue weighted by Crippen LogP contribution is -2.14. The summed E-state index contributed by atoms with van der Waals surface area (Å²) in [5.41, 5.74) is 5.03. The Bertz CT molecular complexity index is 1270. The van der Waals surface area contributed by atoms with Gasteiger partial charge in [-0.3, -0.25) is 10.1 Å². The average Bonchev–Trinajstić information content (AvgIpc) is 3.54. The number of benzene rings is 3. The molecule has 0 aliphatic heterocycles. The number of aromatic nitrogens is 1. The summed E-state index contributed by atoms with van der Waals surface area (Å²) in [4.78, 5) is 16.5. The van der Waals surface area contributed by atoms with Gasteiger partial charge in [-0.1, -0.05) is 66.7 Å². The Kier molecular flexibility index (Phi) is 4.77. The maximum absolute atomic E-state index is 11.4. The molecule has 5 rings (SSSR count). The number of hydrogen-bond donors (Lipinski definition) is 0. The van der Waals surface area contributed by atoms with Gasteiger partial charge in [0.05, 0.1) is 10.6 Å². The minimum Gasteiger partial charge on any atom is -0.313 e. The zero-order chi connectivity index (χ0) is 20.5. The molecule has 0 atom stereocenters. The van der Waals surface area contributed by atoms with Crippen LogP contribution in [-0.4, -0.2) is 9.49 Å². The molecule has 0 radical (unpaired) electrons. The number of nitro benzene ring substituents is 1. The molecule has 0 amide bonds. The first-order chi connectivity index (χ1) is 14.7. The van der Waals surface area contributed by atoms with Crippen molar-refractivity contribution in [1.29, 1.82) is 0 Å². The molecule has 1 aliphatic rings. The number of hydrogen-bond acceptors (Lipinski definition) is 4. The van der Waals surface area contributed by atoms with Gasteiger partial charge < -0.3 is 4.57 Å². The summed E-state index contributed by atoms with van der Waals surface area (Å²) in [6.07, 6.45) is 2.21. The molecule has 30 heavy (non-hydrogen) atoms. The van der Waals surface area contributed by atoms with Gasteiger partial charge in [0.1, 0.15) is 5.69 Å². The fraction of sp³-hybridized carbons (Fsp3) is 0.125. The molecule has 0 spiro atoms. The van der Waals surface area contributed by atoms with E-state index in [0.717, 1.165) is 28.9 Å². The molecule has 6 heteroatoms. The van der Waals surface area contributed by atoms with E-state index in [2.05, 4.69) is 51.3 Å². The number of thiazole rings is 1. The van der Waals surface area contributed by atoms with Crippen molar-refractivity contribution in [1.82, 2.24) is 4.57 Å². The van der Waals surface area contributed by atoms with E-state index in [1.807, 2.05) is 18.2 Å². The van der Waals surface area contributed by atoms with Gasteiger partial charge in [-0.25, -0.2) is 4.99 Å². The van der Waals surface area contributed by atoms with E-state index in [0.29, 0.717) is 11.7 Å². The highest BCUT2D eigenvalue weighted by molar-refractivity contribution is 7.07. The summed E-state index contributed by atoms with van der Waals surface area (Å²) in [5, 5.41) is 13.5. The van der Waals surface area contributed by atoms with Crippen LogP contribution in [0.5, 0.6) is 0 Å². The van der Waals surface area contributed by atoms with Crippen molar-refractivity contribution < 1.29 is 4.92 Å². The second-order valence-electron chi connectivity index (χ2n) is 7.31. The smallest absolute Gasteiger partial charge is 0.294 e. The molecule has 5 nitrogen and oxygen atoms in total. The number of nitro groups is 1. The lowest BCUT2D eigenvalue weighted by Gasteiger charge is -2.09. The Morgan fingerprint density at radius 2 is 1.50 bits per heavy atom. The van der Waals surface area contributed by atoms with Crippen LogP contribution in [0, 0.1) is 10.1 Å². The third kappa shape index (κ3) is 3.57. The Morgan fingerprint density at radius 3 is 2.20 bits per heavy atom. The van der Waals surface area contributed by atoms with Crippen LogP contribution in [0.3, 0.4) is 0 Å². The fourth-order valence-electron chi connectivity index (χ4n) is 3.58. The topological polar surface area (TPSA) is 60.4 Å². The highest BCUT2D eigenvalue weighted by Crippen LogP contribution is 2.38. The number of rotatable bonds is 5. The van der Waals surface area contributed by atoms with Gasteiger partial charge in [0.25, 0.3) is 5.69 Å². The van der Waals surface area contributed by atoms with Crippen LogP contribution in [0.4, 0.5) is 11.4 Å². The number of nitrogens with zero attached hydrogens (tertiary/aromatic N) is 3. The number of para-hydroxylation sites is 2. The van der Waals surface area contributed by atoms with E-state index in [1.54, 1.807) is 18.2 Å². The van der Waals surface area contributed by atoms with Crippen molar-refractivity contribution in [3.05, 3.63) is 99.2 Å². The minimum atomic E-state index is -0.378. The van der Waals surface area contributed by atoms with Crippen molar-refractivity contribution in [2.45, 2.75) is 18.9 Å². The Hall–Kier alpha value is -3.51. The van der Waals surface area contributed by atoms with E-state index in [-0.39, 0.29) is 10.6 Å². The van der Waals surface area contributed by atoms with Crippen molar-refractivity contribution in [2.75, 3.05) is 0 Å². The van der Waals surface area contributed by atoms with Crippen molar-refractivity contribution in [3.63, 3.8) is 0 Å². The summed E-state index contributed by atoms with van der Waals surface area (Å²) in [6.45, 7) is 0. The monoisotopic (exact) mass is 413 g/mol. The van der Waals surface area contributed by atoms with Crippen LogP contribution < -0.4 is 4.80 Å². The molecular formula is C24H19N3O2S. The largest absolute Gasteiger partial charge is 0.313 e. The normalized spacial score (nSPS) is 14.1. The molecule has 148 valence electrons. The van der Waals surface area contributed by atoms with Crippen LogP contribution >= 0.6 is 11.3 Å². The maximum atomic E-state index is 11.4. The molecule has 0 N–H and O–H groups in total. The summed E-state index contributed by atoms with van der Waals surface area (Å²) in [5.74, 6) is 0. The standard InChI is InChI=1S/C24H19N3O2S/c28-27(29)22-9-5-4-8-21(22)25-24-26(20-14-15-20)23(16-30-24)19-12-10-18(11-13-19)17-6-2-1-3-7-17/h1-13,16,20H,14-15H2. The van der Waals surface area contributed by atoms with E-state index in [4.69, 9.17) is 0 Å². The van der Waals surface area contributed by atoms with E-state index < -0.39 is 0 Å². The second-order valence-corrected chi connectivity index (χ2v) is 8.14. The first-order valence-electron chi connectivity index (χ1n) is 9.85. The molecule has 1 fully saturated rings. The summed E-state index contributed by atoms with van der Waals surface area (Å²) >= 11 is 1.53. The van der Waals surface area contributed by atoms with Gasteiger partial charge in [0.2, 0.25) is 0 Å². The van der Waals surface area contributed by atoms with Gasteiger partial charge in [-0.05, 0) is 35.6 Å². The first-order valence-corrected chi connectivity index (χ1v) is 10.7. The third-order valence-corrected chi connectivity index (χ3v) is 6.08. The highest BCUT2D eigenvalue weighted by atomic mass is 32.1. The van der Waals surface area contributed by atoms with Crippen LogP contribution in [-0.2, 0) is 0 Å². The average molecular weight is 414 g/mol. The molecular weight excluding hydrogens is 394 g/mol. The van der Waals surface area contributed by atoms with Gasteiger partial charge in [-0.15, -0.1) is 11.3 Å². The Balaban J connectivity index is 1.57. The molecule has 1 aromatic heterocycles. The molecule has 1 heterocycles. The van der Waals surface area contributed by atoms with Crippen LogP contribution in [0.25, 0.3) is 22.4 Å². The quantitative estimate of drug-likeness (QED) is 0.282. The Labute approximate surface area is 177 Å². The Morgan fingerprint density at radius 1 is 0.867 bits per heavy atom. The molecule has 1 saturated carbocycles. The SMILES string of the molecule is O=[N+]([O-])c1ccccc1N=c1scc(-c2ccc(-c3ccccc3)cc2)n1C1CC1. The summed E-state index contributed by atoms with van der Waals surface area (Å²) < 4.78 is 2.24. The molecule has 0 bridgehead atoms. The van der Waals surface area contributed by atoms with Crippen molar-refractivity contribution in [2.24, 2.45) is 4.99 Å². The highest BCUT2D eigenvalue weighted by Gasteiger charge is 2.27. The van der Waals surface area contributed by atoms with Crippen LogP contribution in [0.1, 0.15) is 18.9 Å². The molecule has 0 unspecified atom stereocenters. The molecule has 1 aliphatic carbocycles. The predicted octanol–water partition coefficient (Wildman–Crippen LogP) is 6.36. The van der Waals surface area contributed by atoms with Crippen LogP contribution in [0.2, 0.25) is 0 Å². The van der Waals surface area contributed by atoms with Gasteiger partial charge >= 0.3 is 0 Å². The molecule has 3 aromatic carbocycles. The lowest BCUT2D eigenvalue weighted by molar-refractivity contribution is -0.384. The molecule has 0 saturated heterocycles. The minimum absolute atomic E-state index is 0.0296.